The van der Waals surface area contributed by atoms with Gasteiger partial charge in [0.2, 0.25) is 0 Å². The highest BCUT2D eigenvalue weighted by Crippen LogP contribution is 2.48. The minimum Gasteiger partial charge on any atom is -0.507 e. The molecule has 5 rings (SSSR count). The third-order valence-electron chi connectivity index (χ3n) is 7.26. The van der Waals surface area contributed by atoms with Gasteiger partial charge in [0.05, 0.1) is 36.3 Å². The predicted octanol–water partition coefficient (Wildman–Crippen LogP) is 7.36. The summed E-state index contributed by atoms with van der Waals surface area (Å²) in [7, 11) is 2.74. The first-order valence-electron chi connectivity index (χ1n) is 12.8. The second-order valence-corrected chi connectivity index (χ2v) is 11.0. The molecule has 0 radical (unpaired) electrons. The van der Waals surface area contributed by atoms with E-state index in [4.69, 9.17) is 9.47 Å². The van der Waals surface area contributed by atoms with Gasteiger partial charge in [-0.05, 0) is 48.7 Å². The molecule has 212 valence electrons. The van der Waals surface area contributed by atoms with Crippen LogP contribution in [0.3, 0.4) is 0 Å². The van der Waals surface area contributed by atoms with Crippen molar-refractivity contribution in [3.05, 3.63) is 88.0 Å². The maximum atomic E-state index is 14.9. The minimum absolute atomic E-state index is 0.00485. The van der Waals surface area contributed by atoms with E-state index in [-0.39, 0.29) is 22.8 Å². The van der Waals surface area contributed by atoms with Gasteiger partial charge in [-0.1, -0.05) is 19.9 Å². The van der Waals surface area contributed by atoms with Crippen molar-refractivity contribution in [2.75, 3.05) is 14.2 Å². The maximum Gasteiger partial charge on any atom is 0.339 e. The SMILES string of the molecule is COc1cc(-n2c(C(C)(C)CCc3cscn3)c(-c3ccc(C(=O)O)c(OC)c3)c3c(O)cc(F)cc32)ccc1F. The molecular formula is C31H28F2N2O5S. The van der Waals surface area contributed by atoms with Crippen LogP contribution in [-0.4, -0.2) is 40.0 Å². The maximum absolute atomic E-state index is 14.9. The Morgan fingerprint density at radius 1 is 1.05 bits per heavy atom. The standard InChI is InChI=1S/C31H28F2N2O5S/c1-31(2,10-9-19-15-41-16-34-19)29-27(17-5-7-21(30(37)38)25(11-17)39-3)28-23(12-18(32)13-24(28)36)35(29)20-6-8-22(33)26(14-20)40-4/h5-8,11-16,36H,9-10H2,1-4H3,(H,37,38). The van der Waals surface area contributed by atoms with Crippen molar-refractivity contribution in [1.29, 1.82) is 0 Å². The summed E-state index contributed by atoms with van der Waals surface area (Å²) in [5.41, 5.74) is 4.72. The van der Waals surface area contributed by atoms with Crippen molar-refractivity contribution in [3.8, 4) is 34.1 Å². The average molecular weight is 579 g/mol. The van der Waals surface area contributed by atoms with E-state index in [9.17, 15) is 23.8 Å². The van der Waals surface area contributed by atoms with Gasteiger partial charge in [-0.3, -0.25) is 0 Å². The number of carboxylic acid groups (broad SMARTS) is 1. The lowest BCUT2D eigenvalue weighted by Crippen LogP contribution is -2.23. The van der Waals surface area contributed by atoms with E-state index in [1.165, 1.54) is 49.8 Å². The number of thiazole rings is 1. The fraction of sp³-hybridized carbons (Fsp3) is 0.226. The number of benzene rings is 3. The summed E-state index contributed by atoms with van der Waals surface area (Å²) >= 11 is 1.50. The molecule has 0 saturated heterocycles. The second kappa shape index (κ2) is 10.9. The number of fused-ring (bicyclic) bond motifs is 1. The van der Waals surface area contributed by atoms with Gasteiger partial charge >= 0.3 is 5.97 Å². The van der Waals surface area contributed by atoms with E-state index >= 15 is 0 Å². The fourth-order valence-corrected chi connectivity index (χ4v) is 5.88. The molecule has 5 aromatic rings. The number of aromatic carboxylic acids is 1. The Bertz CT molecular complexity index is 1760. The molecular weight excluding hydrogens is 550 g/mol. The van der Waals surface area contributed by atoms with Crippen LogP contribution in [0, 0.1) is 11.6 Å². The number of carboxylic acids is 1. The van der Waals surface area contributed by atoms with Crippen LogP contribution in [0.2, 0.25) is 0 Å². The Balaban J connectivity index is 1.89. The molecule has 0 amide bonds. The summed E-state index contributed by atoms with van der Waals surface area (Å²) in [6, 6.07) is 11.4. The second-order valence-electron chi connectivity index (χ2n) is 10.3. The van der Waals surface area contributed by atoms with Crippen molar-refractivity contribution in [2.24, 2.45) is 0 Å². The van der Waals surface area contributed by atoms with Crippen LogP contribution in [0.4, 0.5) is 8.78 Å². The first-order valence-corrected chi connectivity index (χ1v) is 13.7. The van der Waals surface area contributed by atoms with Gasteiger partial charge in [-0.15, -0.1) is 11.3 Å². The third kappa shape index (κ3) is 5.11. The highest BCUT2D eigenvalue weighted by molar-refractivity contribution is 7.07. The molecule has 0 unspecified atom stereocenters. The van der Waals surface area contributed by atoms with E-state index in [2.05, 4.69) is 4.98 Å². The van der Waals surface area contributed by atoms with Crippen LogP contribution in [0.1, 0.15) is 42.0 Å². The molecule has 2 aromatic heterocycles. The number of hydrogen-bond donors (Lipinski definition) is 2. The molecule has 7 nitrogen and oxygen atoms in total. The summed E-state index contributed by atoms with van der Waals surface area (Å²) < 4.78 is 41.8. The minimum atomic E-state index is -1.15. The van der Waals surface area contributed by atoms with Crippen LogP contribution < -0.4 is 9.47 Å². The lowest BCUT2D eigenvalue weighted by Gasteiger charge is -2.29. The summed E-state index contributed by atoms with van der Waals surface area (Å²) in [6.07, 6.45) is 1.26. The first kappa shape index (κ1) is 28.1. The topological polar surface area (TPSA) is 93.8 Å². The number of aromatic hydroxyl groups is 1. The highest BCUT2D eigenvalue weighted by atomic mass is 32.1. The molecule has 0 aliphatic rings. The van der Waals surface area contributed by atoms with Gasteiger partial charge in [-0.25, -0.2) is 18.6 Å². The summed E-state index contributed by atoms with van der Waals surface area (Å²) in [4.78, 5) is 16.2. The van der Waals surface area contributed by atoms with Gasteiger partial charge in [0, 0.05) is 39.9 Å². The van der Waals surface area contributed by atoms with Crippen LogP contribution in [0.25, 0.3) is 27.7 Å². The molecule has 2 heterocycles. The normalized spacial score (nSPS) is 11.7. The molecule has 41 heavy (non-hydrogen) atoms. The Hall–Kier alpha value is -4.44. The van der Waals surface area contributed by atoms with Crippen molar-refractivity contribution in [1.82, 2.24) is 9.55 Å². The molecule has 0 atom stereocenters. The molecule has 0 aliphatic carbocycles. The van der Waals surface area contributed by atoms with E-state index in [0.29, 0.717) is 46.3 Å². The number of phenolic OH excluding ortho intramolecular Hbond substituents is 1. The zero-order valence-corrected chi connectivity index (χ0v) is 23.7. The quantitative estimate of drug-likeness (QED) is 0.190. The number of aromatic nitrogens is 2. The Kier molecular flexibility index (Phi) is 7.44. The zero-order chi connectivity index (χ0) is 29.5. The Morgan fingerprint density at radius 3 is 2.46 bits per heavy atom. The number of methoxy groups -OCH3 is 2. The number of nitrogens with zero attached hydrogens (tertiary/aromatic N) is 2. The molecule has 0 fully saturated rings. The van der Waals surface area contributed by atoms with Crippen LogP contribution in [0.15, 0.2) is 59.4 Å². The Morgan fingerprint density at radius 2 is 1.80 bits per heavy atom. The summed E-state index contributed by atoms with van der Waals surface area (Å²) in [5, 5.41) is 23.2. The van der Waals surface area contributed by atoms with E-state index in [1.54, 1.807) is 28.3 Å². The van der Waals surface area contributed by atoms with Gasteiger partial charge in [0.1, 0.15) is 22.9 Å². The predicted molar refractivity (Wildman–Crippen MR) is 154 cm³/mol. The molecule has 2 N–H and O–H groups in total. The van der Waals surface area contributed by atoms with Crippen molar-refractivity contribution in [3.63, 3.8) is 0 Å². The number of carbonyl (C=O) groups is 1. The van der Waals surface area contributed by atoms with E-state index < -0.39 is 23.0 Å². The molecule has 0 bridgehead atoms. The summed E-state index contributed by atoms with van der Waals surface area (Å²) in [5.74, 6) is -2.51. The van der Waals surface area contributed by atoms with Crippen LogP contribution in [-0.2, 0) is 11.8 Å². The molecule has 0 aliphatic heterocycles. The van der Waals surface area contributed by atoms with Crippen molar-refractivity contribution in [2.45, 2.75) is 32.1 Å². The largest absolute Gasteiger partial charge is 0.507 e. The monoisotopic (exact) mass is 578 g/mol. The number of phenols is 1. The number of halogens is 2. The van der Waals surface area contributed by atoms with Gasteiger partial charge in [-0.2, -0.15) is 0 Å². The Labute approximate surface area is 239 Å². The first-order chi connectivity index (χ1) is 19.6. The zero-order valence-electron chi connectivity index (χ0n) is 22.9. The van der Waals surface area contributed by atoms with Crippen LogP contribution in [0.5, 0.6) is 17.2 Å². The van der Waals surface area contributed by atoms with E-state index in [1.807, 2.05) is 19.2 Å². The van der Waals surface area contributed by atoms with Gasteiger partial charge in [0.15, 0.2) is 11.6 Å². The molecule has 3 aromatic carbocycles. The molecule has 0 saturated carbocycles. The number of hydrogen-bond acceptors (Lipinski definition) is 6. The van der Waals surface area contributed by atoms with Crippen molar-refractivity contribution < 1.29 is 33.3 Å². The average Bonchev–Trinajstić information content (AvgIpc) is 3.58. The third-order valence-corrected chi connectivity index (χ3v) is 7.89. The van der Waals surface area contributed by atoms with Crippen LogP contribution >= 0.6 is 11.3 Å². The fourth-order valence-electron chi connectivity index (χ4n) is 5.28. The number of ether oxygens (including phenoxy) is 2. The van der Waals surface area contributed by atoms with Gasteiger partial charge < -0.3 is 24.3 Å². The molecule has 0 spiro atoms. The lowest BCUT2D eigenvalue weighted by atomic mass is 9.80. The van der Waals surface area contributed by atoms with E-state index in [0.717, 1.165) is 11.8 Å². The lowest BCUT2D eigenvalue weighted by molar-refractivity contribution is 0.0693. The summed E-state index contributed by atoms with van der Waals surface area (Å²) in [6.45, 7) is 4.06. The van der Waals surface area contributed by atoms with Crippen molar-refractivity contribution >= 4 is 28.2 Å². The number of aryl methyl sites for hydroxylation is 1. The number of rotatable bonds is 9. The molecule has 10 heteroatoms. The van der Waals surface area contributed by atoms with Gasteiger partial charge in [0.25, 0.3) is 0 Å². The smallest absolute Gasteiger partial charge is 0.339 e. The highest BCUT2D eigenvalue weighted by Gasteiger charge is 2.34.